The molecule has 0 bridgehead atoms. The summed E-state index contributed by atoms with van der Waals surface area (Å²) in [7, 11) is 2.90. The smallest absolute Gasteiger partial charge is 0.416 e. The van der Waals surface area contributed by atoms with Crippen LogP contribution in [0.2, 0.25) is 5.02 Å². The predicted molar refractivity (Wildman–Crippen MR) is 110 cm³/mol. The van der Waals surface area contributed by atoms with Crippen molar-refractivity contribution in [2.45, 2.75) is 13.1 Å². The van der Waals surface area contributed by atoms with Gasteiger partial charge in [0.15, 0.2) is 5.82 Å². The number of hydrogen-bond donors (Lipinski definition) is 1. The number of halogens is 4. The maximum absolute atomic E-state index is 12.8. The summed E-state index contributed by atoms with van der Waals surface area (Å²) in [6, 6.07) is 7.55. The van der Waals surface area contributed by atoms with Gasteiger partial charge in [-0.3, -0.25) is 4.79 Å². The van der Waals surface area contributed by atoms with Crippen LogP contribution >= 0.6 is 11.6 Å². The largest absolute Gasteiger partial charge is 0.497 e. The second-order valence-electron chi connectivity index (χ2n) is 6.41. The third kappa shape index (κ3) is 4.88. The number of nitrogens with one attached hydrogen (secondary N) is 1. The first-order valence-electron chi connectivity index (χ1n) is 8.88. The number of aryl methyl sites for hydroxylation is 1. The Morgan fingerprint density at radius 3 is 2.32 bits per heavy atom. The van der Waals surface area contributed by atoms with E-state index in [4.69, 9.17) is 21.1 Å². The summed E-state index contributed by atoms with van der Waals surface area (Å²) in [4.78, 5) is 21.1. The molecule has 2 aromatic carbocycles. The Morgan fingerprint density at radius 1 is 1.10 bits per heavy atom. The Balaban J connectivity index is 1.86. The van der Waals surface area contributed by atoms with Gasteiger partial charge in [0.2, 0.25) is 0 Å². The van der Waals surface area contributed by atoms with Crippen LogP contribution in [0.1, 0.15) is 21.6 Å². The molecule has 162 valence electrons. The lowest BCUT2D eigenvalue weighted by Crippen LogP contribution is -2.16. The van der Waals surface area contributed by atoms with E-state index in [-0.39, 0.29) is 22.1 Å². The zero-order valence-corrected chi connectivity index (χ0v) is 17.4. The fourth-order valence-electron chi connectivity index (χ4n) is 2.78. The van der Waals surface area contributed by atoms with Crippen molar-refractivity contribution in [3.63, 3.8) is 0 Å². The number of nitrogens with zero attached hydrogens (tertiary/aromatic N) is 2. The van der Waals surface area contributed by atoms with Crippen LogP contribution < -0.4 is 14.8 Å². The highest BCUT2D eigenvalue weighted by molar-refractivity contribution is 6.34. The van der Waals surface area contributed by atoms with Gasteiger partial charge in [0.25, 0.3) is 5.91 Å². The number of anilines is 1. The molecule has 0 unspecified atom stereocenters. The third-order valence-corrected chi connectivity index (χ3v) is 4.71. The number of hydrogen-bond acceptors (Lipinski definition) is 5. The summed E-state index contributed by atoms with van der Waals surface area (Å²) in [5.41, 5.74) is 0.383. The van der Waals surface area contributed by atoms with E-state index in [9.17, 15) is 18.0 Å². The number of methoxy groups -OCH3 is 2. The number of carbonyl (C=O) groups is 1. The van der Waals surface area contributed by atoms with Gasteiger partial charge in [-0.05, 0) is 19.1 Å². The van der Waals surface area contributed by atoms with Crippen LogP contribution in [-0.4, -0.2) is 30.1 Å². The summed E-state index contributed by atoms with van der Waals surface area (Å²) in [6.45, 7) is 1.59. The number of alkyl halides is 3. The van der Waals surface area contributed by atoms with Gasteiger partial charge >= 0.3 is 6.18 Å². The van der Waals surface area contributed by atoms with E-state index in [1.807, 2.05) is 0 Å². The van der Waals surface area contributed by atoms with E-state index in [0.29, 0.717) is 22.8 Å². The molecule has 0 saturated heterocycles. The van der Waals surface area contributed by atoms with Gasteiger partial charge in [0, 0.05) is 23.9 Å². The molecule has 0 aliphatic heterocycles. The van der Waals surface area contributed by atoms with Crippen molar-refractivity contribution in [2.75, 3.05) is 19.5 Å². The molecule has 1 amide bonds. The van der Waals surface area contributed by atoms with Gasteiger partial charge in [-0.1, -0.05) is 23.7 Å². The van der Waals surface area contributed by atoms with Crippen molar-refractivity contribution in [3.05, 3.63) is 64.4 Å². The molecule has 3 aromatic rings. The van der Waals surface area contributed by atoms with Crippen molar-refractivity contribution < 1.29 is 27.4 Å². The Morgan fingerprint density at radius 2 is 1.77 bits per heavy atom. The van der Waals surface area contributed by atoms with Gasteiger partial charge in [-0.2, -0.15) is 13.2 Å². The van der Waals surface area contributed by atoms with E-state index < -0.39 is 17.6 Å². The maximum Gasteiger partial charge on any atom is 0.416 e. The summed E-state index contributed by atoms with van der Waals surface area (Å²) >= 11 is 6.23. The highest BCUT2D eigenvalue weighted by atomic mass is 35.5. The van der Waals surface area contributed by atoms with Crippen LogP contribution in [0.4, 0.5) is 18.9 Å². The van der Waals surface area contributed by atoms with Crippen LogP contribution in [0.3, 0.4) is 0 Å². The number of benzene rings is 2. The highest BCUT2D eigenvalue weighted by Crippen LogP contribution is 2.37. The molecule has 1 N–H and O–H groups in total. The molecular weight excluding hydrogens is 435 g/mol. The molecule has 0 aliphatic carbocycles. The maximum atomic E-state index is 12.8. The molecule has 0 fully saturated rings. The molecule has 0 spiro atoms. The molecule has 3 rings (SSSR count). The molecular formula is C21H17ClF3N3O3. The summed E-state index contributed by atoms with van der Waals surface area (Å²) in [6.07, 6.45) is -3.13. The molecule has 0 aliphatic rings. The fraction of sp³-hybridized carbons (Fsp3) is 0.190. The zero-order chi connectivity index (χ0) is 22.8. The quantitative estimate of drug-likeness (QED) is 0.562. The highest BCUT2D eigenvalue weighted by Gasteiger charge is 2.30. The van der Waals surface area contributed by atoms with E-state index in [1.54, 1.807) is 13.0 Å². The first-order valence-corrected chi connectivity index (χ1v) is 9.26. The number of aromatic nitrogens is 2. The van der Waals surface area contributed by atoms with Crippen LogP contribution in [-0.2, 0) is 6.18 Å². The second kappa shape index (κ2) is 8.81. The number of ether oxygens (including phenoxy) is 2. The summed E-state index contributed by atoms with van der Waals surface area (Å²) < 4.78 is 48.6. The van der Waals surface area contributed by atoms with E-state index in [0.717, 1.165) is 12.1 Å². The van der Waals surface area contributed by atoms with Crippen LogP contribution in [0.5, 0.6) is 11.5 Å². The molecule has 6 nitrogen and oxygen atoms in total. The summed E-state index contributed by atoms with van der Waals surface area (Å²) in [5.74, 6) is 0.433. The van der Waals surface area contributed by atoms with Crippen molar-refractivity contribution in [3.8, 4) is 22.9 Å². The van der Waals surface area contributed by atoms with Crippen molar-refractivity contribution in [1.29, 1.82) is 0 Å². The van der Waals surface area contributed by atoms with Crippen molar-refractivity contribution in [1.82, 2.24) is 9.97 Å². The SMILES string of the molecule is COc1cc(Cl)c(NC(=O)c2cnc(-c3ccc(C(F)(F)F)cc3)nc2C)c(OC)c1. The van der Waals surface area contributed by atoms with E-state index >= 15 is 0 Å². The molecule has 10 heteroatoms. The van der Waals surface area contributed by atoms with Gasteiger partial charge in [-0.25, -0.2) is 9.97 Å². The normalized spacial score (nSPS) is 11.2. The number of amides is 1. The number of rotatable bonds is 5. The predicted octanol–water partition coefficient (Wildman–Crippen LogP) is 5.39. The lowest BCUT2D eigenvalue weighted by atomic mass is 10.1. The molecule has 31 heavy (non-hydrogen) atoms. The fourth-order valence-corrected chi connectivity index (χ4v) is 3.02. The Labute approximate surface area is 181 Å². The average Bonchev–Trinajstić information content (AvgIpc) is 2.74. The topological polar surface area (TPSA) is 73.3 Å². The van der Waals surface area contributed by atoms with Crippen LogP contribution in [0.15, 0.2) is 42.6 Å². The Kier molecular flexibility index (Phi) is 6.35. The van der Waals surface area contributed by atoms with Gasteiger partial charge in [0.1, 0.15) is 17.2 Å². The van der Waals surface area contributed by atoms with E-state index in [1.165, 1.54) is 38.6 Å². The molecule has 0 saturated carbocycles. The minimum atomic E-state index is -4.43. The minimum absolute atomic E-state index is 0.171. The number of carbonyl (C=O) groups excluding carboxylic acids is 1. The van der Waals surface area contributed by atoms with Crippen molar-refractivity contribution >= 4 is 23.2 Å². The van der Waals surface area contributed by atoms with Crippen LogP contribution in [0, 0.1) is 6.92 Å². The minimum Gasteiger partial charge on any atom is -0.497 e. The van der Waals surface area contributed by atoms with Gasteiger partial charge < -0.3 is 14.8 Å². The zero-order valence-electron chi connectivity index (χ0n) is 16.7. The first-order chi connectivity index (χ1) is 14.6. The van der Waals surface area contributed by atoms with Crippen LogP contribution in [0.25, 0.3) is 11.4 Å². The first kappa shape index (κ1) is 22.4. The standard InChI is InChI=1S/C21H17ClF3N3O3/c1-11-15(20(29)28-18-16(22)8-14(30-2)9-17(18)31-3)10-26-19(27-11)12-4-6-13(7-5-12)21(23,24)25/h4-10H,1-3H3,(H,28,29). The molecule has 0 atom stereocenters. The van der Waals surface area contributed by atoms with Crippen molar-refractivity contribution in [2.24, 2.45) is 0 Å². The van der Waals surface area contributed by atoms with Gasteiger partial charge in [-0.15, -0.1) is 0 Å². The molecule has 1 heterocycles. The lowest BCUT2D eigenvalue weighted by molar-refractivity contribution is -0.137. The molecule has 0 radical (unpaired) electrons. The second-order valence-corrected chi connectivity index (χ2v) is 6.82. The lowest BCUT2D eigenvalue weighted by Gasteiger charge is -2.14. The van der Waals surface area contributed by atoms with E-state index in [2.05, 4.69) is 15.3 Å². The third-order valence-electron chi connectivity index (χ3n) is 4.42. The van der Waals surface area contributed by atoms with Gasteiger partial charge in [0.05, 0.1) is 36.1 Å². The Hall–Kier alpha value is -3.33. The monoisotopic (exact) mass is 451 g/mol. The average molecular weight is 452 g/mol. The summed E-state index contributed by atoms with van der Waals surface area (Å²) in [5, 5.41) is 2.88. The Bertz CT molecular complexity index is 1120. The molecule has 1 aromatic heterocycles.